The Bertz CT molecular complexity index is 437. The average Bonchev–Trinajstić information content (AvgIpc) is 2.70. The number of aromatic nitrogens is 4. The molecule has 0 aliphatic rings. The van der Waals surface area contributed by atoms with Crippen molar-refractivity contribution in [2.45, 2.75) is 6.43 Å². The second-order valence-electron chi connectivity index (χ2n) is 2.39. The first-order valence-electron chi connectivity index (χ1n) is 3.60. The van der Waals surface area contributed by atoms with E-state index in [2.05, 4.69) is 15.3 Å². The predicted octanol–water partition coefficient (Wildman–Crippen LogP) is 1.24. The highest BCUT2D eigenvalue weighted by molar-refractivity contribution is 7.17. The van der Waals surface area contributed by atoms with Crippen molar-refractivity contribution in [2.75, 3.05) is 5.73 Å². The van der Waals surface area contributed by atoms with E-state index < -0.39 is 6.43 Å². The molecule has 14 heavy (non-hydrogen) atoms. The summed E-state index contributed by atoms with van der Waals surface area (Å²) in [5.41, 5.74) is 5.11. The number of anilines is 1. The molecule has 0 amide bonds. The van der Waals surface area contributed by atoms with E-state index in [0.717, 1.165) is 16.0 Å². The smallest absolute Gasteiger partial charge is 0.280 e. The molecule has 0 aliphatic carbocycles. The Morgan fingerprint density at radius 3 is 2.79 bits per heavy atom. The molecule has 5 nitrogen and oxygen atoms in total. The van der Waals surface area contributed by atoms with Crippen molar-refractivity contribution in [3.63, 3.8) is 0 Å². The van der Waals surface area contributed by atoms with Gasteiger partial charge in [0.05, 0.1) is 0 Å². The van der Waals surface area contributed by atoms with Crippen LogP contribution in [-0.4, -0.2) is 20.0 Å². The molecular formula is C6H5F2N5S. The third kappa shape index (κ3) is 1.43. The monoisotopic (exact) mass is 217 g/mol. The third-order valence-corrected chi connectivity index (χ3v) is 2.23. The zero-order valence-corrected chi connectivity index (χ0v) is 7.58. The molecule has 2 rings (SSSR count). The minimum absolute atomic E-state index is 0.218. The lowest BCUT2D eigenvalue weighted by Gasteiger charge is -2.00. The maximum absolute atomic E-state index is 12.4. The van der Waals surface area contributed by atoms with Gasteiger partial charge in [0, 0.05) is 6.20 Å². The lowest BCUT2D eigenvalue weighted by atomic mass is 10.4. The number of halogens is 2. The lowest BCUT2D eigenvalue weighted by Crippen LogP contribution is -2.01. The van der Waals surface area contributed by atoms with E-state index in [1.165, 1.54) is 12.3 Å². The minimum Gasteiger partial charge on any atom is -0.374 e. The molecule has 0 aromatic carbocycles. The van der Waals surface area contributed by atoms with Gasteiger partial charge in [-0.1, -0.05) is 11.3 Å². The predicted molar refractivity (Wildman–Crippen MR) is 46.4 cm³/mol. The fraction of sp³-hybridized carbons (Fsp3) is 0.167. The first-order valence-corrected chi connectivity index (χ1v) is 4.41. The largest absolute Gasteiger partial charge is 0.374 e. The summed E-state index contributed by atoms with van der Waals surface area (Å²) in [6.07, 6.45) is -1.32. The summed E-state index contributed by atoms with van der Waals surface area (Å²) in [5.74, 6) is 0. The van der Waals surface area contributed by atoms with Crippen LogP contribution >= 0.6 is 11.3 Å². The molecule has 0 saturated heterocycles. The van der Waals surface area contributed by atoms with Gasteiger partial charge in [-0.25, -0.2) is 13.5 Å². The average molecular weight is 217 g/mol. The molecule has 0 radical (unpaired) electrons. The van der Waals surface area contributed by atoms with Crippen molar-refractivity contribution in [3.8, 4) is 5.13 Å². The molecule has 2 heterocycles. The summed E-state index contributed by atoms with van der Waals surface area (Å²) in [5, 5.41) is 11.3. The number of nitrogens with zero attached hydrogens (tertiary/aromatic N) is 4. The summed E-state index contributed by atoms with van der Waals surface area (Å²) in [6, 6.07) is 1.22. The number of rotatable bonds is 2. The molecule has 0 aliphatic heterocycles. The Kier molecular flexibility index (Phi) is 2.12. The standard InChI is InChI=1S/C6H5F2N5S/c7-4(8)3-1-2-10-13(3)6-12-11-5(9)14-6/h1-2,4H,(H2,9,11). The van der Waals surface area contributed by atoms with Gasteiger partial charge in [0.15, 0.2) is 0 Å². The van der Waals surface area contributed by atoms with Crippen LogP contribution in [0.25, 0.3) is 5.13 Å². The van der Waals surface area contributed by atoms with Gasteiger partial charge in [-0.3, -0.25) is 0 Å². The van der Waals surface area contributed by atoms with Gasteiger partial charge >= 0.3 is 0 Å². The van der Waals surface area contributed by atoms with E-state index in [1.807, 2.05) is 0 Å². The van der Waals surface area contributed by atoms with Gasteiger partial charge in [-0.05, 0) is 6.07 Å². The van der Waals surface area contributed by atoms with Gasteiger partial charge in [-0.2, -0.15) is 5.10 Å². The van der Waals surface area contributed by atoms with Crippen LogP contribution in [0.3, 0.4) is 0 Å². The van der Waals surface area contributed by atoms with Crippen molar-refractivity contribution >= 4 is 16.5 Å². The Morgan fingerprint density at radius 1 is 1.43 bits per heavy atom. The molecular weight excluding hydrogens is 212 g/mol. The van der Waals surface area contributed by atoms with Crippen molar-refractivity contribution in [1.82, 2.24) is 20.0 Å². The summed E-state index contributed by atoms with van der Waals surface area (Å²) >= 11 is 1.000. The van der Waals surface area contributed by atoms with E-state index in [-0.39, 0.29) is 16.0 Å². The molecule has 0 atom stereocenters. The highest BCUT2D eigenvalue weighted by Crippen LogP contribution is 2.23. The number of hydrogen-bond donors (Lipinski definition) is 1. The zero-order chi connectivity index (χ0) is 10.1. The SMILES string of the molecule is Nc1nnc(-n2nccc2C(F)F)s1. The van der Waals surface area contributed by atoms with E-state index in [9.17, 15) is 8.78 Å². The van der Waals surface area contributed by atoms with Crippen LogP contribution in [0.4, 0.5) is 13.9 Å². The van der Waals surface area contributed by atoms with Crippen molar-refractivity contribution < 1.29 is 8.78 Å². The first kappa shape index (κ1) is 9.00. The quantitative estimate of drug-likeness (QED) is 0.821. The van der Waals surface area contributed by atoms with Crippen molar-refractivity contribution in [3.05, 3.63) is 18.0 Å². The summed E-state index contributed by atoms with van der Waals surface area (Å²) in [6.45, 7) is 0. The van der Waals surface area contributed by atoms with Crippen LogP contribution in [0, 0.1) is 0 Å². The molecule has 2 N–H and O–H groups in total. The van der Waals surface area contributed by atoms with Crippen LogP contribution in [-0.2, 0) is 0 Å². The highest BCUT2D eigenvalue weighted by Gasteiger charge is 2.16. The zero-order valence-electron chi connectivity index (χ0n) is 6.76. The molecule has 2 aromatic rings. The van der Waals surface area contributed by atoms with Crippen LogP contribution in [0.1, 0.15) is 12.1 Å². The number of hydrogen-bond acceptors (Lipinski definition) is 5. The van der Waals surface area contributed by atoms with Crippen LogP contribution in [0.15, 0.2) is 12.3 Å². The Morgan fingerprint density at radius 2 is 2.21 bits per heavy atom. The number of nitrogen functional groups attached to an aromatic ring is 1. The Labute approximate surface area is 81.2 Å². The maximum Gasteiger partial charge on any atom is 0.280 e. The summed E-state index contributed by atoms with van der Waals surface area (Å²) < 4.78 is 25.9. The van der Waals surface area contributed by atoms with Gasteiger partial charge in [-0.15, -0.1) is 10.2 Å². The number of nitrogens with two attached hydrogens (primary N) is 1. The molecule has 2 aromatic heterocycles. The van der Waals surface area contributed by atoms with Crippen LogP contribution in [0.2, 0.25) is 0 Å². The molecule has 8 heteroatoms. The fourth-order valence-electron chi connectivity index (χ4n) is 0.951. The third-order valence-electron chi connectivity index (χ3n) is 1.51. The second-order valence-corrected chi connectivity index (χ2v) is 3.38. The normalized spacial score (nSPS) is 11.1. The minimum atomic E-state index is -2.59. The molecule has 0 fully saturated rings. The van der Waals surface area contributed by atoms with Gasteiger partial charge < -0.3 is 5.73 Å². The number of alkyl halides is 2. The maximum atomic E-state index is 12.4. The van der Waals surface area contributed by atoms with Crippen molar-refractivity contribution in [1.29, 1.82) is 0 Å². The highest BCUT2D eigenvalue weighted by atomic mass is 32.1. The van der Waals surface area contributed by atoms with Crippen LogP contribution < -0.4 is 5.73 Å². The fourth-order valence-corrected chi connectivity index (χ4v) is 1.54. The second kappa shape index (κ2) is 3.29. The van der Waals surface area contributed by atoms with E-state index >= 15 is 0 Å². The molecule has 0 spiro atoms. The van der Waals surface area contributed by atoms with Gasteiger partial charge in [0.25, 0.3) is 6.43 Å². The van der Waals surface area contributed by atoms with Gasteiger partial charge in [0.1, 0.15) is 5.69 Å². The molecule has 0 bridgehead atoms. The van der Waals surface area contributed by atoms with E-state index in [0.29, 0.717) is 0 Å². The summed E-state index contributed by atoms with van der Waals surface area (Å²) in [7, 11) is 0. The Hall–Kier alpha value is -1.57. The van der Waals surface area contributed by atoms with E-state index in [4.69, 9.17) is 5.73 Å². The van der Waals surface area contributed by atoms with Crippen molar-refractivity contribution in [2.24, 2.45) is 0 Å². The topological polar surface area (TPSA) is 69.6 Å². The lowest BCUT2D eigenvalue weighted by molar-refractivity contribution is 0.143. The van der Waals surface area contributed by atoms with Crippen LogP contribution in [0.5, 0.6) is 0 Å². The summed E-state index contributed by atoms with van der Waals surface area (Å²) in [4.78, 5) is 0. The molecule has 0 unspecified atom stereocenters. The Balaban J connectivity index is 2.46. The van der Waals surface area contributed by atoms with Gasteiger partial charge in [0.2, 0.25) is 10.3 Å². The molecule has 74 valence electrons. The first-order chi connectivity index (χ1) is 6.68. The van der Waals surface area contributed by atoms with E-state index in [1.54, 1.807) is 0 Å². The molecule has 0 saturated carbocycles.